The molecule has 1 atom stereocenters. The zero-order chi connectivity index (χ0) is 16.4. The van der Waals surface area contributed by atoms with Crippen molar-refractivity contribution >= 4 is 6.09 Å². The summed E-state index contributed by atoms with van der Waals surface area (Å²) in [6, 6.07) is 0. The summed E-state index contributed by atoms with van der Waals surface area (Å²) in [5.74, 6) is -0.529. The second-order valence-corrected chi connectivity index (χ2v) is 6.09. The number of rotatable bonds is 3. The van der Waals surface area contributed by atoms with E-state index < -0.39 is 18.2 Å². The normalized spacial score (nSPS) is 22.0. The molecule has 0 unspecified atom stereocenters. The predicted octanol–water partition coefficient (Wildman–Crippen LogP) is 2.57. The fourth-order valence-corrected chi connectivity index (χ4v) is 3.13. The molecule has 1 N–H and O–H groups in total. The minimum atomic E-state index is -4.23. The third kappa shape index (κ3) is 3.76. The smallest absolute Gasteiger partial charge is 0.407 e. The quantitative estimate of drug-likeness (QED) is 0.924. The first-order valence-electron chi connectivity index (χ1n) is 7.85. The summed E-state index contributed by atoms with van der Waals surface area (Å²) in [5, 5.41) is 10.4. The number of halogens is 3. The highest BCUT2D eigenvalue weighted by molar-refractivity contribution is 5.67. The number of alkyl halides is 3. The highest BCUT2D eigenvalue weighted by Gasteiger charge is 2.42. The van der Waals surface area contributed by atoms with Crippen LogP contribution in [-0.4, -0.2) is 33.1 Å². The standard InChI is InChI=1S/C14H19F3N4O2/c15-14(16,17)9-5-6-11-19-20-12(21(11)8-9)7-18-13(22)23-10-3-1-2-4-10/h9-10H,1-8H2,(H,18,22)/t9-/m0/s1. The Labute approximate surface area is 131 Å². The first kappa shape index (κ1) is 16.1. The largest absolute Gasteiger partial charge is 0.446 e. The molecule has 0 bridgehead atoms. The summed E-state index contributed by atoms with van der Waals surface area (Å²) in [6.07, 6.45) is -0.754. The Morgan fingerprint density at radius 3 is 2.70 bits per heavy atom. The van der Waals surface area contributed by atoms with E-state index in [1.165, 1.54) is 4.57 Å². The van der Waals surface area contributed by atoms with Gasteiger partial charge in [0.2, 0.25) is 0 Å². The molecule has 128 valence electrons. The van der Waals surface area contributed by atoms with Crippen LogP contribution in [0.2, 0.25) is 0 Å². The van der Waals surface area contributed by atoms with E-state index in [0.29, 0.717) is 11.6 Å². The lowest BCUT2D eigenvalue weighted by atomic mass is 9.99. The molecule has 1 saturated carbocycles. The molecule has 1 aliphatic carbocycles. The van der Waals surface area contributed by atoms with E-state index in [1.54, 1.807) is 0 Å². The van der Waals surface area contributed by atoms with Crippen LogP contribution in [0.5, 0.6) is 0 Å². The van der Waals surface area contributed by atoms with Gasteiger partial charge in [-0.2, -0.15) is 13.2 Å². The molecule has 1 aromatic rings. The van der Waals surface area contributed by atoms with Crippen LogP contribution in [0.1, 0.15) is 43.8 Å². The Morgan fingerprint density at radius 1 is 1.26 bits per heavy atom. The summed E-state index contributed by atoms with van der Waals surface area (Å²) >= 11 is 0. The number of carbonyl (C=O) groups excluding carboxylic acids is 1. The van der Waals surface area contributed by atoms with Gasteiger partial charge < -0.3 is 14.6 Å². The molecule has 0 aromatic carbocycles. The summed E-state index contributed by atoms with van der Waals surface area (Å²) in [5.41, 5.74) is 0. The number of amides is 1. The van der Waals surface area contributed by atoms with Gasteiger partial charge in [-0.3, -0.25) is 0 Å². The van der Waals surface area contributed by atoms with Gasteiger partial charge in [-0.1, -0.05) is 0 Å². The molecule has 1 amide bonds. The fraction of sp³-hybridized carbons (Fsp3) is 0.786. The summed E-state index contributed by atoms with van der Waals surface area (Å²) < 4.78 is 45.3. The lowest BCUT2D eigenvalue weighted by molar-refractivity contribution is -0.182. The van der Waals surface area contributed by atoms with Crippen LogP contribution in [0.3, 0.4) is 0 Å². The molecular formula is C14H19F3N4O2. The number of nitrogens with zero attached hydrogens (tertiary/aromatic N) is 3. The molecule has 0 saturated heterocycles. The van der Waals surface area contributed by atoms with Crippen molar-refractivity contribution in [2.45, 2.75) is 63.9 Å². The molecule has 2 heterocycles. The van der Waals surface area contributed by atoms with Crippen LogP contribution in [0.4, 0.5) is 18.0 Å². The molecule has 0 radical (unpaired) electrons. The Bertz CT molecular complexity index is 567. The first-order chi connectivity index (χ1) is 10.9. The van der Waals surface area contributed by atoms with Crippen molar-refractivity contribution in [3.05, 3.63) is 11.6 Å². The van der Waals surface area contributed by atoms with Crippen molar-refractivity contribution in [3.63, 3.8) is 0 Å². The van der Waals surface area contributed by atoms with Gasteiger partial charge >= 0.3 is 12.3 Å². The van der Waals surface area contributed by atoms with Crippen molar-refractivity contribution in [1.29, 1.82) is 0 Å². The monoisotopic (exact) mass is 332 g/mol. The highest BCUT2D eigenvalue weighted by Crippen LogP contribution is 2.34. The van der Waals surface area contributed by atoms with Gasteiger partial charge in [-0.15, -0.1) is 10.2 Å². The van der Waals surface area contributed by atoms with E-state index in [-0.39, 0.29) is 32.0 Å². The van der Waals surface area contributed by atoms with Gasteiger partial charge in [0.25, 0.3) is 0 Å². The van der Waals surface area contributed by atoms with Gasteiger partial charge in [0.15, 0.2) is 5.82 Å². The van der Waals surface area contributed by atoms with E-state index in [4.69, 9.17) is 4.74 Å². The van der Waals surface area contributed by atoms with Crippen molar-refractivity contribution in [1.82, 2.24) is 20.1 Å². The molecule has 1 aromatic heterocycles. The molecule has 1 fully saturated rings. The average molecular weight is 332 g/mol. The third-order valence-electron chi connectivity index (χ3n) is 4.45. The second kappa shape index (κ2) is 6.37. The maximum atomic E-state index is 12.9. The summed E-state index contributed by atoms with van der Waals surface area (Å²) in [4.78, 5) is 11.7. The number of ether oxygens (including phenoxy) is 1. The maximum Gasteiger partial charge on any atom is 0.407 e. The topological polar surface area (TPSA) is 69.0 Å². The number of hydrogen-bond donors (Lipinski definition) is 1. The Morgan fingerprint density at radius 2 is 2.00 bits per heavy atom. The molecule has 9 heteroatoms. The molecular weight excluding hydrogens is 313 g/mol. The number of nitrogens with one attached hydrogen (secondary N) is 1. The minimum absolute atomic E-state index is 0.0170. The number of aryl methyl sites for hydroxylation is 1. The highest BCUT2D eigenvalue weighted by atomic mass is 19.4. The zero-order valence-electron chi connectivity index (χ0n) is 12.6. The van der Waals surface area contributed by atoms with Crippen molar-refractivity contribution in [2.24, 2.45) is 5.92 Å². The van der Waals surface area contributed by atoms with Gasteiger partial charge in [0.1, 0.15) is 11.9 Å². The fourth-order valence-electron chi connectivity index (χ4n) is 3.13. The lowest BCUT2D eigenvalue weighted by Crippen LogP contribution is -2.34. The van der Waals surface area contributed by atoms with Crippen molar-refractivity contribution in [2.75, 3.05) is 0 Å². The minimum Gasteiger partial charge on any atom is -0.446 e. The Kier molecular flexibility index (Phi) is 4.45. The number of alkyl carbamates (subject to hydrolysis) is 1. The zero-order valence-corrected chi connectivity index (χ0v) is 12.6. The number of fused-ring (bicyclic) bond motifs is 1. The van der Waals surface area contributed by atoms with E-state index in [9.17, 15) is 18.0 Å². The van der Waals surface area contributed by atoms with Gasteiger partial charge in [0, 0.05) is 13.0 Å². The molecule has 6 nitrogen and oxygen atoms in total. The Balaban J connectivity index is 1.57. The first-order valence-corrected chi connectivity index (χ1v) is 7.85. The van der Waals surface area contributed by atoms with E-state index in [2.05, 4.69) is 15.5 Å². The molecule has 2 aliphatic rings. The summed E-state index contributed by atoms with van der Waals surface area (Å²) in [6.45, 7) is -0.177. The van der Waals surface area contributed by atoms with Crippen LogP contribution in [0.15, 0.2) is 0 Å². The summed E-state index contributed by atoms with van der Waals surface area (Å²) in [7, 11) is 0. The number of aromatic nitrogens is 3. The molecule has 1 aliphatic heterocycles. The average Bonchev–Trinajstić information content (AvgIpc) is 3.13. The molecule has 3 rings (SSSR count). The van der Waals surface area contributed by atoms with Crippen molar-refractivity contribution < 1.29 is 22.7 Å². The third-order valence-corrected chi connectivity index (χ3v) is 4.45. The van der Waals surface area contributed by atoms with E-state index in [1.807, 2.05) is 0 Å². The Hall–Kier alpha value is -1.80. The van der Waals surface area contributed by atoms with Crippen LogP contribution in [-0.2, 0) is 24.2 Å². The van der Waals surface area contributed by atoms with Crippen LogP contribution < -0.4 is 5.32 Å². The SMILES string of the molecule is O=C(NCc1nnc2n1C[C@@H](C(F)(F)F)CC2)OC1CCCC1. The second-order valence-electron chi connectivity index (χ2n) is 6.09. The van der Waals surface area contributed by atoms with E-state index >= 15 is 0 Å². The number of hydrogen-bond acceptors (Lipinski definition) is 4. The van der Waals surface area contributed by atoms with E-state index in [0.717, 1.165) is 25.7 Å². The molecule has 0 spiro atoms. The lowest BCUT2D eigenvalue weighted by Gasteiger charge is -2.26. The molecule has 23 heavy (non-hydrogen) atoms. The maximum absolute atomic E-state index is 12.9. The van der Waals surface area contributed by atoms with Gasteiger partial charge in [-0.05, 0) is 32.1 Å². The van der Waals surface area contributed by atoms with Crippen molar-refractivity contribution in [3.8, 4) is 0 Å². The van der Waals surface area contributed by atoms with Crippen LogP contribution in [0, 0.1) is 5.92 Å². The van der Waals surface area contributed by atoms with Gasteiger partial charge in [-0.25, -0.2) is 4.79 Å². The van der Waals surface area contributed by atoms with Crippen LogP contribution >= 0.6 is 0 Å². The number of carbonyl (C=O) groups is 1. The predicted molar refractivity (Wildman–Crippen MR) is 73.5 cm³/mol. The van der Waals surface area contributed by atoms with Crippen LogP contribution in [0.25, 0.3) is 0 Å². The van der Waals surface area contributed by atoms with Gasteiger partial charge in [0.05, 0.1) is 12.5 Å².